The molecule has 0 fully saturated rings. The number of urea groups is 3. The molecule has 11 rings (SSSR count). The highest BCUT2D eigenvalue weighted by Gasteiger charge is 2.36. The molecule has 0 radical (unpaired) electrons. The number of ether oxygens (including phenoxy) is 3. The second kappa shape index (κ2) is 30.6. The SMILES string of the molecule is COc1ccccc1C(=O)c1cc(C)ccc1NC(=O)Nc1ncc(C(CCC(=O)ON(C(=O)Nc2ccc(C)cc2C(=O)c2ccccc2OC)c2ncc(Sc3ncc[nH]3)s2)N(C(=O)Nc2ncc(Sc3nccn3C)s2)c2ccc(C)cc2C(=O)c2ccccc2OC)s1. The van der Waals surface area contributed by atoms with Crippen LogP contribution in [0.4, 0.5) is 46.8 Å². The Balaban J connectivity index is 0.970. The average molecular weight is 1390 g/mol. The molecule has 5 aromatic heterocycles. The van der Waals surface area contributed by atoms with E-state index in [-0.39, 0.29) is 82.9 Å². The summed E-state index contributed by atoms with van der Waals surface area (Å²) in [4.78, 5) is 137. The fourth-order valence-electron chi connectivity index (χ4n) is 10.0. The molecule has 0 saturated heterocycles. The average Bonchev–Trinajstić information content (AvgIpc) is 1.72. The first-order chi connectivity index (χ1) is 46.9. The number of aryl methyl sites for hydroxylation is 4. The van der Waals surface area contributed by atoms with E-state index in [1.54, 1.807) is 172 Å². The van der Waals surface area contributed by atoms with Gasteiger partial charge in [0.05, 0.1) is 88.4 Å². The molecule has 0 bridgehead atoms. The van der Waals surface area contributed by atoms with Crippen molar-refractivity contribution in [3.8, 4) is 17.2 Å². The number of carbonyl (C=O) groups is 7. The molecule has 5 heterocycles. The van der Waals surface area contributed by atoms with Gasteiger partial charge in [0.2, 0.25) is 5.13 Å². The maximum atomic E-state index is 15.7. The maximum absolute atomic E-state index is 15.7. The van der Waals surface area contributed by atoms with Crippen molar-refractivity contribution in [2.75, 3.05) is 52.6 Å². The van der Waals surface area contributed by atoms with Crippen LogP contribution >= 0.6 is 57.5 Å². The summed E-state index contributed by atoms with van der Waals surface area (Å²) >= 11 is 5.64. The molecule has 1 atom stereocenters. The van der Waals surface area contributed by atoms with Crippen LogP contribution in [0.25, 0.3) is 0 Å². The van der Waals surface area contributed by atoms with Crippen LogP contribution in [0, 0.1) is 20.8 Å². The standard InChI is InChI=1S/C68H59N13O11S5/c1-38-20-23-47(44(32-38)58(83)41-14-8-11-17-51(41)89-5)75-61(86)77-63-72-35-54(93-63)50(80(65(87)78-64-73-36-56(95-64)96-67-71-30-31-79(67)4)49-25-22-40(3)34-46(49)60(85)43-16-10-13-19-53(43)91-7)26-27-55(82)92-81(68-74-37-57(97-68)94-62-69-28-29-70-62)66(88)76-48-24-21-39(2)33-45(48)59(84)42-15-9-12-18-52(42)90-6/h8-25,28-37,50H,26-27H2,1-7H3,(H,69,70)(H,76,88)(H,73,78,87)(H2,72,75,77,86). The number of rotatable bonds is 24. The highest BCUT2D eigenvalue weighted by atomic mass is 32.2. The highest BCUT2D eigenvalue weighted by Crippen LogP contribution is 2.42. The van der Waals surface area contributed by atoms with Gasteiger partial charge < -0.3 is 39.2 Å². The Morgan fingerprint density at radius 1 is 0.557 bits per heavy atom. The van der Waals surface area contributed by atoms with Crippen LogP contribution in [0.5, 0.6) is 17.2 Å². The van der Waals surface area contributed by atoms with E-state index in [0.29, 0.717) is 46.4 Å². The van der Waals surface area contributed by atoms with Crippen molar-refractivity contribution in [2.45, 2.75) is 58.4 Å². The number of aromatic amines is 1. The van der Waals surface area contributed by atoms with Crippen LogP contribution in [0.3, 0.4) is 0 Å². The zero-order chi connectivity index (χ0) is 68.3. The lowest BCUT2D eigenvalue weighted by molar-refractivity contribution is -0.144. The Morgan fingerprint density at radius 2 is 1.10 bits per heavy atom. The number of ketones is 3. The number of aromatic nitrogens is 7. The van der Waals surface area contributed by atoms with Crippen molar-refractivity contribution in [3.05, 3.63) is 226 Å². The molecule has 6 amide bonds. The molecule has 97 heavy (non-hydrogen) atoms. The number of imidazole rings is 2. The van der Waals surface area contributed by atoms with Gasteiger partial charge in [0.1, 0.15) is 17.2 Å². The number of anilines is 6. The molecule has 0 aliphatic heterocycles. The van der Waals surface area contributed by atoms with Crippen molar-refractivity contribution in [1.29, 1.82) is 0 Å². The van der Waals surface area contributed by atoms with Crippen molar-refractivity contribution >= 4 is 131 Å². The molecular weight excluding hydrogens is 1340 g/mol. The minimum absolute atomic E-state index is 0.0183. The number of para-hydroxylation sites is 3. The van der Waals surface area contributed by atoms with Gasteiger partial charge in [-0.15, -0.1) is 0 Å². The summed E-state index contributed by atoms with van der Waals surface area (Å²) in [6.45, 7) is 5.40. The number of benzene rings is 6. The minimum atomic E-state index is -1.27. The van der Waals surface area contributed by atoms with Crippen LogP contribution in [0.1, 0.15) is 88.2 Å². The van der Waals surface area contributed by atoms with E-state index in [9.17, 15) is 24.0 Å². The number of amides is 6. The van der Waals surface area contributed by atoms with Gasteiger partial charge in [0.25, 0.3) is 0 Å². The predicted octanol–water partition coefficient (Wildman–Crippen LogP) is 14.9. The molecule has 6 aromatic carbocycles. The van der Waals surface area contributed by atoms with Crippen LogP contribution in [-0.2, 0) is 16.7 Å². The van der Waals surface area contributed by atoms with E-state index in [1.807, 2.05) is 18.5 Å². The fraction of sp³-hybridized carbons (Fsp3) is 0.147. The molecule has 5 N–H and O–H groups in total. The van der Waals surface area contributed by atoms with Crippen molar-refractivity contribution in [1.82, 2.24) is 34.5 Å². The summed E-state index contributed by atoms with van der Waals surface area (Å²) in [5.74, 6) is -1.50. The number of methoxy groups -OCH3 is 3. The summed E-state index contributed by atoms with van der Waals surface area (Å²) in [7, 11) is 6.18. The van der Waals surface area contributed by atoms with Gasteiger partial charge in [-0.2, -0.15) is 0 Å². The first-order valence-corrected chi connectivity index (χ1v) is 33.6. The van der Waals surface area contributed by atoms with Gasteiger partial charge >= 0.3 is 24.1 Å². The second-order valence-corrected chi connectivity index (χ2v) is 26.9. The lowest BCUT2D eigenvalue weighted by Gasteiger charge is -2.32. The van der Waals surface area contributed by atoms with E-state index >= 15 is 9.59 Å². The number of H-pyrrole nitrogens is 1. The van der Waals surface area contributed by atoms with Gasteiger partial charge in [0.15, 0.2) is 37.9 Å². The van der Waals surface area contributed by atoms with Gasteiger partial charge in [-0.1, -0.05) is 110 Å². The molecule has 0 spiro atoms. The number of hydrogen-bond donors (Lipinski definition) is 5. The van der Waals surface area contributed by atoms with Gasteiger partial charge in [-0.05, 0) is 124 Å². The van der Waals surface area contributed by atoms with E-state index < -0.39 is 53.9 Å². The first kappa shape index (κ1) is 67.4. The molecule has 1 unspecified atom stereocenters. The van der Waals surface area contributed by atoms with Crippen molar-refractivity contribution in [2.24, 2.45) is 7.05 Å². The number of nitrogens with one attached hydrogen (secondary N) is 5. The maximum Gasteiger partial charge on any atom is 0.362 e. The first-order valence-electron chi connectivity index (χ1n) is 29.5. The molecular formula is C68H59N13O11S5. The van der Waals surface area contributed by atoms with E-state index in [0.717, 1.165) is 39.6 Å². The number of nitrogens with zero attached hydrogens (tertiary/aromatic N) is 8. The Hall–Kier alpha value is -11.0. The van der Waals surface area contributed by atoms with E-state index in [2.05, 4.69) is 51.2 Å². The van der Waals surface area contributed by atoms with Gasteiger partial charge in [-0.25, -0.2) is 44.1 Å². The zero-order valence-corrected chi connectivity index (χ0v) is 56.8. The number of hydrogen-bond acceptors (Lipinski definition) is 21. The Labute approximate surface area is 575 Å². The van der Waals surface area contributed by atoms with Crippen molar-refractivity contribution < 1.29 is 52.6 Å². The normalized spacial score (nSPS) is 11.2. The second-order valence-electron chi connectivity index (χ2n) is 21.3. The summed E-state index contributed by atoms with van der Waals surface area (Å²) in [6.07, 6.45) is 10.3. The number of thiazole rings is 3. The predicted molar refractivity (Wildman–Crippen MR) is 373 cm³/mol. The molecule has 0 saturated carbocycles. The van der Waals surface area contributed by atoms with Gasteiger partial charge in [0, 0.05) is 59.6 Å². The van der Waals surface area contributed by atoms with Gasteiger partial charge in [-0.3, -0.25) is 29.9 Å². The summed E-state index contributed by atoms with van der Waals surface area (Å²) < 4.78 is 19.8. The Kier molecular flexibility index (Phi) is 21.3. The number of carbonyl (C=O) groups excluding carboxylic acids is 7. The third kappa shape index (κ3) is 15.9. The Bertz CT molecular complexity index is 4760. The fourth-order valence-corrected chi connectivity index (χ4v) is 14.5. The summed E-state index contributed by atoms with van der Waals surface area (Å²) in [5, 5.41) is 13.2. The third-order valence-corrected chi connectivity index (χ3v) is 19.7. The summed E-state index contributed by atoms with van der Waals surface area (Å²) in [6, 6.07) is 31.0. The van der Waals surface area contributed by atoms with Crippen LogP contribution < -0.4 is 45.4 Å². The van der Waals surface area contributed by atoms with E-state index in [1.165, 1.54) is 62.1 Å². The van der Waals surface area contributed by atoms with Crippen LogP contribution in [0.2, 0.25) is 0 Å². The largest absolute Gasteiger partial charge is 0.496 e. The van der Waals surface area contributed by atoms with Crippen LogP contribution in [0.15, 0.2) is 190 Å². The Morgan fingerprint density at radius 3 is 1.69 bits per heavy atom. The molecule has 24 nitrogen and oxygen atoms in total. The molecule has 0 aliphatic carbocycles. The minimum Gasteiger partial charge on any atom is -0.496 e. The quantitative estimate of drug-likeness (QED) is 0.0277. The lowest BCUT2D eigenvalue weighted by Crippen LogP contribution is -2.40. The topological polar surface area (TPSA) is 296 Å². The zero-order valence-electron chi connectivity index (χ0n) is 52.8. The third-order valence-electron chi connectivity index (χ3n) is 14.6. The molecule has 11 aromatic rings. The monoisotopic (exact) mass is 1390 g/mol. The molecule has 492 valence electrons. The summed E-state index contributed by atoms with van der Waals surface area (Å²) in [5.41, 5.74) is 3.47. The lowest BCUT2D eigenvalue weighted by atomic mass is 9.97. The molecule has 0 aliphatic rings. The van der Waals surface area contributed by atoms with Crippen molar-refractivity contribution in [3.63, 3.8) is 0 Å². The smallest absolute Gasteiger partial charge is 0.362 e. The number of hydroxylamine groups is 1. The van der Waals surface area contributed by atoms with Crippen LogP contribution in [-0.4, -0.2) is 97.2 Å². The highest BCUT2D eigenvalue weighted by molar-refractivity contribution is 8.01. The van der Waals surface area contributed by atoms with E-state index in [4.69, 9.17) is 19.0 Å². The molecule has 29 heteroatoms.